The van der Waals surface area contributed by atoms with Crippen LogP contribution in [0.5, 0.6) is 5.75 Å². The summed E-state index contributed by atoms with van der Waals surface area (Å²) in [6, 6.07) is 14.8. The Hall–Kier alpha value is -2.40. The smallest absolute Gasteiger partial charge is 0.346 e. The first-order valence-corrected chi connectivity index (χ1v) is 6.42. The summed E-state index contributed by atoms with van der Waals surface area (Å²) < 4.78 is 23.6. The van der Waals surface area contributed by atoms with E-state index in [0.29, 0.717) is 5.56 Å². The van der Waals surface area contributed by atoms with Gasteiger partial charge >= 0.3 is 5.97 Å². The topological polar surface area (TPSA) is 61.5 Å². The summed E-state index contributed by atoms with van der Waals surface area (Å²) in [6.07, 6.45) is 0. The van der Waals surface area contributed by atoms with Gasteiger partial charge < -0.3 is 9.47 Å². The summed E-state index contributed by atoms with van der Waals surface area (Å²) in [5.74, 6) is -1.22. The fraction of sp³-hybridized carbons (Fsp3) is 0.188. The van der Waals surface area contributed by atoms with Gasteiger partial charge in [0.05, 0.1) is 0 Å². The molecule has 0 bridgehead atoms. The molecule has 2 aromatic rings. The molecule has 0 fully saturated rings. The second-order valence-corrected chi connectivity index (χ2v) is 4.67. The van der Waals surface area contributed by atoms with E-state index in [-0.39, 0.29) is 5.75 Å². The third kappa shape index (κ3) is 4.03. The Balaban J connectivity index is 1.94. The molecular weight excluding hydrogens is 273 g/mol. The number of para-hydroxylation sites is 1. The molecule has 21 heavy (non-hydrogen) atoms. The lowest BCUT2D eigenvalue weighted by Gasteiger charge is -2.25. The minimum Gasteiger partial charge on any atom is -0.479 e. The Bertz CT molecular complexity index is 614. The molecule has 0 heterocycles. The van der Waals surface area contributed by atoms with Crippen LogP contribution in [-0.4, -0.2) is 12.6 Å². The minimum atomic E-state index is -1.27. The first kappa shape index (κ1) is 15.0. The molecule has 0 amide bonds. The molecule has 110 valence electrons. The van der Waals surface area contributed by atoms with E-state index >= 15 is 0 Å². The van der Waals surface area contributed by atoms with Crippen LogP contribution in [0.4, 0.5) is 4.39 Å². The average Bonchev–Trinajstić information content (AvgIpc) is 2.47. The quantitative estimate of drug-likeness (QED) is 0.679. The molecule has 2 N–H and O–H groups in total. The zero-order valence-corrected chi connectivity index (χ0v) is 11.6. The van der Waals surface area contributed by atoms with E-state index in [1.54, 1.807) is 37.3 Å². The fourth-order valence-corrected chi connectivity index (χ4v) is 1.79. The highest BCUT2D eigenvalue weighted by atomic mass is 19.1. The zero-order valence-electron chi connectivity index (χ0n) is 11.6. The molecule has 0 aromatic heterocycles. The maximum atomic E-state index is 13.3. The van der Waals surface area contributed by atoms with E-state index in [9.17, 15) is 9.18 Å². The number of hydrogen-bond acceptors (Lipinski definition) is 4. The number of carbonyl (C=O) groups excluding carboxylic acids is 1. The Labute approximate surface area is 122 Å². The molecule has 0 radical (unpaired) electrons. The zero-order chi connectivity index (χ0) is 15.3. The summed E-state index contributed by atoms with van der Waals surface area (Å²) in [5.41, 5.74) is 5.35. The maximum absolute atomic E-state index is 13.3. The van der Waals surface area contributed by atoms with E-state index in [0.717, 1.165) is 0 Å². The van der Waals surface area contributed by atoms with Gasteiger partial charge in [-0.1, -0.05) is 42.5 Å². The summed E-state index contributed by atoms with van der Waals surface area (Å²) in [5, 5.41) is 0. The number of hydrogen-bond donors (Lipinski definition) is 1. The van der Waals surface area contributed by atoms with Gasteiger partial charge in [0.25, 0.3) is 0 Å². The third-order valence-corrected chi connectivity index (χ3v) is 2.86. The molecule has 2 rings (SSSR count). The third-order valence-electron chi connectivity index (χ3n) is 2.86. The highest BCUT2D eigenvalue weighted by Gasteiger charge is 2.26. The van der Waals surface area contributed by atoms with Crippen molar-refractivity contribution in [2.75, 3.05) is 6.61 Å². The van der Waals surface area contributed by atoms with Gasteiger partial charge in [-0.15, -0.1) is 0 Å². The molecule has 4 nitrogen and oxygen atoms in total. The van der Waals surface area contributed by atoms with Crippen molar-refractivity contribution in [2.24, 2.45) is 5.73 Å². The first-order valence-electron chi connectivity index (χ1n) is 6.42. The number of carbonyl (C=O) groups is 1. The average molecular weight is 289 g/mol. The van der Waals surface area contributed by atoms with Crippen LogP contribution in [0.1, 0.15) is 12.5 Å². The SMILES string of the molecule is CC(N)(OC(=O)COc1ccccc1F)c1ccccc1. The standard InChI is InChI=1S/C16H16FNO3/c1-16(18,12-7-3-2-4-8-12)21-15(19)11-20-14-10-6-5-9-13(14)17/h2-10H,11,18H2,1H3. The largest absolute Gasteiger partial charge is 0.479 e. The lowest BCUT2D eigenvalue weighted by atomic mass is 10.1. The van der Waals surface area contributed by atoms with Crippen molar-refractivity contribution in [2.45, 2.75) is 12.6 Å². The molecule has 0 spiro atoms. The summed E-state index contributed by atoms with van der Waals surface area (Å²) >= 11 is 0. The van der Waals surface area contributed by atoms with Crippen molar-refractivity contribution in [1.29, 1.82) is 0 Å². The molecule has 2 aromatic carbocycles. The van der Waals surface area contributed by atoms with Crippen LogP contribution in [0, 0.1) is 5.82 Å². The Kier molecular flexibility index (Phi) is 4.55. The van der Waals surface area contributed by atoms with Gasteiger partial charge in [-0.3, -0.25) is 5.73 Å². The van der Waals surface area contributed by atoms with Crippen LogP contribution in [0.15, 0.2) is 54.6 Å². The highest BCUT2D eigenvalue weighted by Crippen LogP contribution is 2.20. The highest BCUT2D eigenvalue weighted by molar-refractivity contribution is 5.71. The Morgan fingerprint density at radius 1 is 1.14 bits per heavy atom. The van der Waals surface area contributed by atoms with E-state index in [2.05, 4.69) is 0 Å². The number of rotatable bonds is 5. The van der Waals surface area contributed by atoms with E-state index < -0.39 is 24.1 Å². The Morgan fingerprint density at radius 3 is 2.43 bits per heavy atom. The van der Waals surface area contributed by atoms with Gasteiger partial charge in [0.15, 0.2) is 23.9 Å². The van der Waals surface area contributed by atoms with Crippen molar-refractivity contribution in [3.8, 4) is 5.75 Å². The molecule has 0 aliphatic carbocycles. The predicted octanol–water partition coefficient (Wildman–Crippen LogP) is 2.58. The molecule has 0 aliphatic heterocycles. The second-order valence-electron chi connectivity index (χ2n) is 4.67. The predicted molar refractivity (Wildman–Crippen MR) is 76.0 cm³/mol. The first-order chi connectivity index (χ1) is 9.99. The van der Waals surface area contributed by atoms with Gasteiger partial charge in [0.2, 0.25) is 0 Å². The number of ether oxygens (including phenoxy) is 2. The van der Waals surface area contributed by atoms with Gasteiger partial charge in [0, 0.05) is 5.56 Å². The number of esters is 1. The Morgan fingerprint density at radius 2 is 1.76 bits per heavy atom. The van der Waals surface area contributed by atoms with Crippen LogP contribution in [0.25, 0.3) is 0 Å². The normalized spacial score (nSPS) is 13.3. The van der Waals surface area contributed by atoms with E-state index in [1.165, 1.54) is 18.2 Å². The summed E-state index contributed by atoms with van der Waals surface area (Å²) in [4.78, 5) is 11.8. The number of halogens is 1. The number of benzene rings is 2. The molecule has 1 atom stereocenters. The van der Waals surface area contributed by atoms with Crippen LogP contribution in [-0.2, 0) is 15.3 Å². The van der Waals surface area contributed by atoms with Crippen molar-refractivity contribution in [3.63, 3.8) is 0 Å². The van der Waals surface area contributed by atoms with Gasteiger partial charge in [-0.05, 0) is 19.1 Å². The van der Waals surface area contributed by atoms with Crippen molar-refractivity contribution in [3.05, 3.63) is 66.0 Å². The minimum absolute atomic E-state index is 0.00659. The molecule has 1 unspecified atom stereocenters. The molecule has 0 aliphatic rings. The van der Waals surface area contributed by atoms with Crippen molar-refractivity contribution >= 4 is 5.97 Å². The molecule has 0 saturated carbocycles. The fourth-order valence-electron chi connectivity index (χ4n) is 1.79. The second kappa shape index (κ2) is 6.37. The molecule has 5 heteroatoms. The van der Waals surface area contributed by atoms with E-state index in [4.69, 9.17) is 15.2 Å². The lowest BCUT2D eigenvalue weighted by Crippen LogP contribution is -2.39. The van der Waals surface area contributed by atoms with Crippen LogP contribution >= 0.6 is 0 Å². The summed E-state index contributed by atoms with van der Waals surface area (Å²) in [7, 11) is 0. The van der Waals surface area contributed by atoms with E-state index in [1.807, 2.05) is 6.07 Å². The van der Waals surface area contributed by atoms with Crippen LogP contribution in [0.3, 0.4) is 0 Å². The monoisotopic (exact) mass is 289 g/mol. The van der Waals surface area contributed by atoms with Gasteiger partial charge in [-0.25, -0.2) is 9.18 Å². The van der Waals surface area contributed by atoms with Crippen LogP contribution < -0.4 is 10.5 Å². The van der Waals surface area contributed by atoms with Gasteiger partial charge in [0.1, 0.15) is 0 Å². The lowest BCUT2D eigenvalue weighted by molar-refractivity contribution is -0.161. The number of nitrogens with two attached hydrogens (primary N) is 1. The molecule has 0 saturated heterocycles. The van der Waals surface area contributed by atoms with Crippen LogP contribution in [0.2, 0.25) is 0 Å². The van der Waals surface area contributed by atoms with Crippen molar-refractivity contribution < 1.29 is 18.7 Å². The maximum Gasteiger partial charge on any atom is 0.346 e. The van der Waals surface area contributed by atoms with Gasteiger partial charge in [-0.2, -0.15) is 0 Å². The molecular formula is C16H16FNO3. The summed E-state index contributed by atoms with van der Waals surface area (Å²) in [6.45, 7) is 1.16. The van der Waals surface area contributed by atoms with Crippen molar-refractivity contribution in [1.82, 2.24) is 0 Å².